The summed E-state index contributed by atoms with van der Waals surface area (Å²) in [5.41, 5.74) is 2.54. The molecule has 0 bridgehead atoms. The summed E-state index contributed by atoms with van der Waals surface area (Å²) < 4.78 is 1.20. The summed E-state index contributed by atoms with van der Waals surface area (Å²) in [7, 11) is 0. The molecule has 0 aliphatic heterocycles. The molecule has 1 aliphatic rings. The highest BCUT2D eigenvalue weighted by molar-refractivity contribution is 9.10. The second-order valence-electron chi connectivity index (χ2n) is 4.89. The van der Waals surface area contributed by atoms with Crippen molar-refractivity contribution in [1.82, 2.24) is 0 Å². The predicted molar refractivity (Wildman–Crippen MR) is 73.9 cm³/mol. The van der Waals surface area contributed by atoms with Crippen molar-refractivity contribution in [3.8, 4) is 0 Å². The molecule has 1 aromatic carbocycles. The number of hydrogen-bond acceptors (Lipinski definition) is 1. The fraction of sp³-hybridized carbons (Fsp3) is 0.571. The van der Waals surface area contributed by atoms with Crippen molar-refractivity contribution < 1.29 is 0 Å². The zero-order valence-electron chi connectivity index (χ0n) is 10.1. The minimum Gasteiger partial charge on any atom is -0.382 e. The van der Waals surface area contributed by atoms with E-state index in [0.29, 0.717) is 6.04 Å². The summed E-state index contributed by atoms with van der Waals surface area (Å²) in [5.74, 6) is 0.936. The number of hydrogen-bond donors (Lipinski definition) is 1. The summed E-state index contributed by atoms with van der Waals surface area (Å²) in [6, 6.07) is 7.21. The molecule has 16 heavy (non-hydrogen) atoms. The Morgan fingerprint density at radius 2 is 2.19 bits per heavy atom. The minimum absolute atomic E-state index is 0.680. The molecule has 0 spiro atoms. The summed E-state index contributed by atoms with van der Waals surface area (Å²) in [6.45, 7) is 4.42. The van der Waals surface area contributed by atoms with Gasteiger partial charge in [0.05, 0.1) is 0 Å². The van der Waals surface area contributed by atoms with E-state index in [1.807, 2.05) is 0 Å². The van der Waals surface area contributed by atoms with Crippen LogP contribution in [0.2, 0.25) is 0 Å². The van der Waals surface area contributed by atoms with Crippen LogP contribution < -0.4 is 5.32 Å². The van der Waals surface area contributed by atoms with Crippen molar-refractivity contribution in [3.05, 3.63) is 28.2 Å². The maximum Gasteiger partial charge on any atom is 0.0353 e. The largest absolute Gasteiger partial charge is 0.382 e. The van der Waals surface area contributed by atoms with E-state index < -0.39 is 0 Å². The standard InChI is InChI=1S/C14H20BrN/c1-3-11-5-7-12(8-11)16-13-6-4-10(2)14(15)9-13/h4,6,9,11-12,16H,3,5,7-8H2,1-2H3. The van der Waals surface area contributed by atoms with Crippen molar-refractivity contribution in [2.75, 3.05) is 5.32 Å². The number of halogens is 1. The molecule has 0 heterocycles. The molecule has 1 aliphatic carbocycles. The Bertz CT molecular complexity index is 362. The highest BCUT2D eigenvalue weighted by Gasteiger charge is 2.22. The van der Waals surface area contributed by atoms with Gasteiger partial charge in [-0.25, -0.2) is 0 Å². The lowest BCUT2D eigenvalue weighted by Crippen LogP contribution is -2.15. The first-order valence-corrected chi connectivity index (χ1v) is 7.01. The third-order valence-electron chi connectivity index (χ3n) is 3.66. The molecule has 1 N–H and O–H groups in total. The first-order chi connectivity index (χ1) is 7.69. The van der Waals surface area contributed by atoms with Crippen molar-refractivity contribution in [2.45, 2.75) is 45.6 Å². The van der Waals surface area contributed by atoms with Crippen molar-refractivity contribution in [3.63, 3.8) is 0 Å². The van der Waals surface area contributed by atoms with E-state index in [9.17, 15) is 0 Å². The second kappa shape index (κ2) is 5.22. The summed E-state index contributed by atoms with van der Waals surface area (Å²) in [5, 5.41) is 3.64. The first-order valence-electron chi connectivity index (χ1n) is 6.21. The number of nitrogens with one attached hydrogen (secondary N) is 1. The van der Waals surface area contributed by atoms with Crippen LogP contribution in [0.1, 0.15) is 38.2 Å². The zero-order chi connectivity index (χ0) is 11.5. The van der Waals surface area contributed by atoms with E-state index in [1.54, 1.807) is 0 Å². The van der Waals surface area contributed by atoms with Crippen LogP contribution in [0.25, 0.3) is 0 Å². The van der Waals surface area contributed by atoms with Gasteiger partial charge in [0.1, 0.15) is 0 Å². The highest BCUT2D eigenvalue weighted by Crippen LogP contribution is 2.31. The fourth-order valence-electron chi connectivity index (χ4n) is 2.50. The van der Waals surface area contributed by atoms with Crippen LogP contribution in [0.15, 0.2) is 22.7 Å². The molecule has 2 heteroatoms. The van der Waals surface area contributed by atoms with Gasteiger partial charge in [0.25, 0.3) is 0 Å². The molecule has 1 saturated carbocycles. The van der Waals surface area contributed by atoms with Gasteiger partial charge in [0.2, 0.25) is 0 Å². The predicted octanol–water partition coefficient (Wildman–Crippen LogP) is 4.75. The normalized spacial score (nSPS) is 24.7. The van der Waals surface area contributed by atoms with Crippen LogP contribution in [0.3, 0.4) is 0 Å². The lowest BCUT2D eigenvalue weighted by molar-refractivity contribution is 0.525. The van der Waals surface area contributed by atoms with Gasteiger partial charge in [-0.05, 0) is 49.8 Å². The number of benzene rings is 1. The third-order valence-corrected chi connectivity index (χ3v) is 4.52. The monoisotopic (exact) mass is 281 g/mol. The maximum atomic E-state index is 3.64. The number of anilines is 1. The van der Waals surface area contributed by atoms with Gasteiger partial charge in [0, 0.05) is 16.2 Å². The Kier molecular flexibility index (Phi) is 3.91. The molecule has 1 nitrogen and oxygen atoms in total. The van der Waals surface area contributed by atoms with Gasteiger partial charge in [-0.2, -0.15) is 0 Å². The van der Waals surface area contributed by atoms with Gasteiger partial charge >= 0.3 is 0 Å². The fourth-order valence-corrected chi connectivity index (χ4v) is 2.87. The van der Waals surface area contributed by atoms with Gasteiger partial charge in [-0.1, -0.05) is 35.3 Å². The van der Waals surface area contributed by atoms with Gasteiger partial charge in [0.15, 0.2) is 0 Å². The van der Waals surface area contributed by atoms with E-state index >= 15 is 0 Å². The Labute approximate surface area is 107 Å². The van der Waals surface area contributed by atoms with E-state index in [1.165, 1.54) is 41.4 Å². The van der Waals surface area contributed by atoms with Crippen LogP contribution in [-0.2, 0) is 0 Å². The molecule has 2 unspecified atom stereocenters. The second-order valence-corrected chi connectivity index (χ2v) is 5.75. The van der Waals surface area contributed by atoms with Gasteiger partial charge in [-0.3, -0.25) is 0 Å². The molecule has 1 aromatic rings. The molecule has 0 saturated heterocycles. The average molecular weight is 282 g/mol. The third kappa shape index (κ3) is 2.79. The van der Waals surface area contributed by atoms with Gasteiger partial charge < -0.3 is 5.32 Å². The number of aryl methyl sites for hydroxylation is 1. The first kappa shape index (κ1) is 12.0. The SMILES string of the molecule is CCC1CCC(Nc2ccc(C)c(Br)c2)C1. The quantitative estimate of drug-likeness (QED) is 0.843. The molecule has 2 rings (SSSR count). The van der Waals surface area contributed by atoms with Crippen LogP contribution in [0.4, 0.5) is 5.69 Å². The maximum absolute atomic E-state index is 3.64. The van der Waals surface area contributed by atoms with Crippen LogP contribution in [-0.4, -0.2) is 6.04 Å². The summed E-state index contributed by atoms with van der Waals surface area (Å²) >= 11 is 3.58. The smallest absolute Gasteiger partial charge is 0.0353 e. The summed E-state index contributed by atoms with van der Waals surface area (Å²) in [4.78, 5) is 0. The van der Waals surface area contributed by atoms with Crippen LogP contribution in [0, 0.1) is 12.8 Å². The lowest BCUT2D eigenvalue weighted by Gasteiger charge is -2.15. The van der Waals surface area contributed by atoms with Crippen molar-refractivity contribution in [2.24, 2.45) is 5.92 Å². The zero-order valence-corrected chi connectivity index (χ0v) is 11.7. The molecule has 0 radical (unpaired) electrons. The van der Waals surface area contributed by atoms with E-state index in [2.05, 4.69) is 53.3 Å². The van der Waals surface area contributed by atoms with Gasteiger partial charge in [-0.15, -0.1) is 0 Å². The Hall–Kier alpha value is -0.500. The van der Waals surface area contributed by atoms with E-state index in [4.69, 9.17) is 0 Å². The van der Waals surface area contributed by atoms with Crippen molar-refractivity contribution >= 4 is 21.6 Å². The molecular formula is C14H20BrN. The Balaban J connectivity index is 1.97. The Morgan fingerprint density at radius 1 is 1.38 bits per heavy atom. The van der Waals surface area contributed by atoms with E-state index in [0.717, 1.165) is 5.92 Å². The van der Waals surface area contributed by atoms with Crippen molar-refractivity contribution in [1.29, 1.82) is 0 Å². The molecule has 0 amide bonds. The van der Waals surface area contributed by atoms with E-state index in [-0.39, 0.29) is 0 Å². The molecule has 0 aromatic heterocycles. The minimum atomic E-state index is 0.680. The molecule has 1 fully saturated rings. The lowest BCUT2D eigenvalue weighted by atomic mass is 10.1. The molecule has 2 atom stereocenters. The average Bonchev–Trinajstić information content (AvgIpc) is 2.71. The number of rotatable bonds is 3. The highest BCUT2D eigenvalue weighted by atomic mass is 79.9. The van der Waals surface area contributed by atoms with Crippen LogP contribution in [0.5, 0.6) is 0 Å². The van der Waals surface area contributed by atoms with Crippen LogP contribution >= 0.6 is 15.9 Å². The Morgan fingerprint density at radius 3 is 2.81 bits per heavy atom. The summed E-state index contributed by atoms with van der Waals surface area (Å²) in [6.07, 6.45) is 5.38. The molecular weight excluding hydrogens is 262 g/mol. The topological polar surface area (TPSA) is 12.0 Å². The molecule has 88 valence electrons.